The Labute approximate surface area is 103 Å². The van der Waals surface area contributed by atoms with Gasteiger partial charge in [-0.25, -0.2) is 0 Å². The molecule has 1 N–H and O–H groups in total. The fraction of sp³-hybridized carbons (Fsp3) is 0.692. The number of hydrogen-bond donors (Lipinski definition) is 1. The molecule has 1 heterocycles. The fourth-order valence-corrected chi connectivity index (χ4v) is 3.05. The molecule has 0 saturated heterocycles. The molecule has 1 aliphatic rings. The third-order valence-corrected chi connectivity index (χ3v) is 4.46. The quantitative estimate of drug-likeness (QED) is 0.819. The molecule has 0 aliphatic heterocycles. The summed E-state index contributed by atoms with van der Waals surface area (Å²) in [5, 5.41) is 5.78. The van der Waals surface area contributed by atoms with Crippen LogP contribution in [-0.4, -0.2) is 31.6 Å². The predicted molar refractivity (Wildman–Crippen MR) is 71.0 cm³/mol. The van der Waals surface area contributed by atoms with Crippen molar-refractivity contribution < 1.29 is 0 Å². The average Bonchev–Trinajstić information content (AvgIpc) is 2.98. The van der Waals surface area contributed by atoms with Crippen LogP contribution in [0.4, 0.5) is 0 Å². The normalized spacial score (nSPS) is 18.0. The van der Waals surface area contributed by atoms with Crippen molar-refractivity contribution in [3.63, 3.8) is 0 Å². The molecule has 1 aromatic heterocycles. The summed E-state index contributed by atoms with van der Waals surface area (Å²) < 4.78 is 0. The number of rotatable bonds is 6. The van der Waals surface area contributed by atoms with Gasteiger partial charge < -0.3 is 10.2 Å². The van der Waals surface area contributed by atoms with Gasteiger partial charge in [0.15, 0.2) is 0 Å². The molecule has 1 fully saturated rings. The van der Waals surface area contributed by atoms with Gasteiger partial charge in [0.2, 0.25) is 0 Å². The second-order valence-corrected chi connectivity index (χ2v) is 6.03. The largest absolute Gasteiger partial charge is 0.310 e. The molecule has 0 amide bonds. The van der Waals surface area contributed by atoms with Gasteiger partial charge in [-0.2, -0.15) is 0 Å². The van der Waals surface area contributed by atoms with Crippen LogP contribution >= 0.6 is 11.3 Å². The van der Waals surface area contributed by atoms with E-state index in [-0.39, 0.29) is 0 Å². The molecule has 1 atom stereocenters. The lowest BCUT2D eigenvalue weighted by Gasteiger charge is -2.24. The Bertz CT molecular complexity index is 326. The second-order valence-electron chi connectivity index (χ2n) is 5.03. The summed E-state index contributed by atoms with van der Waals surface area (Å²) in [5.41, 5.74) is 1.42. The maximum absolute atomic E-state index is 3.60. The van der Waals surface area contributed by atoms with Crippen molar-refractivity contribution in [3.8, 4) is 0 Å². The van der Waals surface area contributed by atoms with Gasteiger partial charge in [-0.05, 0) is 56.8 Å². The van der Waals surface area contributed by atoms with Gasteiger partial charge in [-0.1, -0.05) is 0 Å². The molecule has 0 aromatic carbocycles. The number of aryl methyl sites for hydroxylation is 1. The lowest BCUT2D eigenvalue weighted by Crippen LogP contribution is -2.39. The first kappa shape index (κ1) is 12.1. The zero-order chi connectivity index (χ0) is 11.5. The highest BCUT2D eigenvalue weighted by atomic mass is 32.1. The highest BCUT2D eigenvalue weighted by molar-refractivity contribution is 7.10. The van der Waals surface area contributed by atoms with E-state index in [2.05, 4.69) is 42.7 Å². The minimum Gasteiger partial charge on any atom is -0.310 e. The van der Waals surface area contributed by atoms with Crippen LogP contribution in [0.5, 0.6) is 0 Å². The minimum absolute atomic E-state index is 0.722. The van der Waals surface area contributed by atoms with Gasteiger partial charge >= 0.3 is 0 Å². The van der Waals surface area contributed by atoms with Gasteiger partial charge in [-0.15, -0.1) is 11.3 Å². The lowest BCUT2D eigenvalue weighted by molar-refractivity contribution is 0.255. The van der Waals surface area contributed by atoms with Crippen LogP contribution in [0.3, 0.4) is 0 Å². The van der Waals surface area contributed by atoms with Gasteiger partial charge in [0.1, 0.15) is 0 Å². The fourth-order valence-electron chi connectivity index (χ4n) is 2.17. The van der Waals surface area contributed by atoms with E-state index < -0.39 is 0 Å². The van der Waals surface area contributed by atoms with Gasteiger partial charge in [-0.3, -0.25) is 0 Å². The SMILES string of the molecule is Cc1ccsc1CNCC(C1CC1)N(C)C. The molecule has 16 heavy (non-hydrogen) atoms. The van der Waals surface area contributed by atoms with Crippen molar-refractivity contribution in [2.45, 2.75) is 32.4 Å². The van der Waals surface area contributed by atoms with E-state index >= 15 is 0 Å². The van der Waals surface area contributed by atoms with E-state index in [1.807, 2.05) is 11.3 Å². The van der Waals surface area contributed by atoms with Crippen LogP contribution in [0.2, 0.25) is 0 Å². The van der Waals surface area contributed by atoms with Gasteiger partial charge in [0.05, 0.1) is 0 Å². The standard InChI is InChI=1S/C13H22N2S/c1-10-6-7-16-13(10)9-14-8-12(15(2)3)11-4-5-11/h6-7,11-12,14H,4-5,8-9H2,1-3H3. The molecule has 1 aromatic rings. The molecule has 0 radical (unpaired) electrons. The van der Waals surface area contributed by atoms with Crippen LogP contribution in [-0.2, 0) is 6.54 Å². The van der Waals surface area contributed by atoms with Crippen molar-refractivity contribution in [2.75, 3.05) is 20.6 Å². The molecule has 2 rings (SSSR count). The zero-order valence-electron chi connectivity index (χ0n) is 10.5. The van der Waals surface area contributed by atoms with E-state index in [0.717, 1.165) is 25.0 Å². The monoisotopic (exact) mass is 238 g/mol. The Morgan fingerprint density at radius 3 is 2.75 bits per heavy atom. The Hall–Kier alpha value is -0.380. The number of thiophene rings is 1. The first-order chi connectivity index (χ1) is 7.68. The maximum atomic E-state index is 3.60. The summed E-state index contributed by atoms with van der Waals surface area (Å²) in [5.74, 6) is 0.937. The first-order valence-corrected chi connectivity index (χ1v) is 6.96. The Morgan fingerprint density at radius 1 is 1.50 bits per heavy atom. The van der Waals surface area contributed by atoms with Crippen LogP contribution in [0.1, 0.15) is 23.3 Å². The topological polar surface area (TPSA) is 15.3 Å². The first-order valence-electron chi connectivity index (χ1n) is 6.08. The van der Waals surface area contributed by atoms with Crippen molar-refractivity contribution in [2.24, 2.45) is 5.92 Å². The van der Waals surface area contributed by atoms with Crippen molar-refractivity contribution in [3.05, 3.63) is 21.9 Å². The van der Waals surface area contributed by atoms with Crippen LogP contribution < -0.4 is 5.32 Å². The number of likely N-dealkylation sites (N-methyl/N-ethyl adjacent to an activating group) is 1. The van der Waals surface area contributed by atoms with Crippen LogP contribution in [0, 0.1) is 12.8 Å². The minimum atomic E-state index is 0.722. The Kier molecular flexibility index (Phi) is 4.00. The summed E-state index contributed by atoms with van der Waals surface area (Å²) in [6.45, 7) is 4.34. The maximum Gasteiger partial charge on any atom is 0.0303 e. The zero-order valence-corrected chi connectivity index (χ0v) is 11.3. The average molecular weight is 238 g/mol. The van der Waals surface area contributed by atoms with Crippen molar-refractivity contribution in [1.29, 1.82) is 0 Å². The molecule has 1 aliphatic carbocycles. The molecular formula is C13H22N2S. The van der Waals surface area contributed by atoms with E-state index in [4.69, 9.17) is 0 Å². The second kappa shape index (κ2) is 5.30. The van der Waals surface area contributed by atoms with E-state index in [1.165, 1.54) is 23.3 Å². The molecular weight excluding hydrogens is 216 g/mol. The summed E-state index contributed by atoms with van der Waals surface area (Å²) in [6.07, 6.45) is 2.84. The summed E-state index contributed by atoms with van der Waals surface area (Å²) in [7, 11) is 4.39. The van der Waals surface area contributed by atoms with Gasteiger partial charge in [0, 0.05) is 24.0 Å². The molecule has 1 saturated carbocycles. The highest BCUT2D eigenvalue weighted by Crippen LogP contribution is 2.34. The van der Waals surface area contributed by atoms with Crippen LogP contribution in [0.15, 0.2) is 11.4 Å². The van der Waals surface area contributed by atoms with E-state index in [0.29, 0.717) is 0 Å². The highest BCUT2D eigenvalue weighted by Gasteiger charge is 2.32. The number of nitrogens with zero attached hydrogens (tertiary/aromatic N) is 1. The Balaban J connectivity index is 1.76. The number of nitrogens with one attached hydrogen (secondary N) is 1. The third-order valence-electron chi connectivity index (χ3n) is 3.44. The van der Waals surface area contributed by atoms with Gasteiger partial charge in [0.25, 0.3) is 0 Å². The third kappa shape index (κ3) is 3.06. The molecule has 0 spiro atoms. The smallest absolute Gasteiger partial charge is 0.0303 e. The summed E-state index contributed by atoms with van der Waals surface area (Å²) in [4.78, 5) is 3.85. The predicted octanol–water partition coefficient (Wildman–Crippen LogP) is 2.49. The van der Waals surface area contributed by atoms with Crippen LogP contribution in [0.25, 0.3) is 0 Å². The summed E-state index contributed by atoms with van der Waals surface area (Å²) >= 11 is 1.86. The van der Waals surface area contributed by atoms with Crippen molar-refractivity contribution >= 4 is 11.3 Å². The molecule has 90 valence electrons. The molecule has 2 nitrogen and oxygen atoms in total. The van der Waals surface area contributed by atoms with E-state index in [1.54, 1.807) is 0 Å². The summed E-state index contributed by atoms with van der Waals surface area (Å²) in [6, 6.07) is 2.92. The van der Waals surface area contributed by atoms with E-state index in [9.17, 15) is 0 Å². The molecule has 0 bridgehead atoms. The Morgan fingerprint density at radius 2 is 2.25 bits per heavy atom. The number of hydrogen-bond acceptors (Lipinski definition) is 3. The van der Waals surface area contributed by atoms with Crippen molar-refractivity contribution in [1.82, 2.24) is 10.2 Å². The molecule has 3 heteroatoms. The lowest BCUT2D eigenvalue weighted by atomic mass is 10.1. The molecule has 1 unspecified atom stereocenters.